The molecule has 1 fully saturated rings. The zero-order chi connectivity index (χ0) is 32.6. The molecule has 240 valence electrons. The van der Waals surface area contributed by atoms with Crippen molar-refractivity contribution in [1.82, 2.24) is 28.9 Å². The summed E-state index contributed by atoms with van der Waals surface area (Å²) in [5, 5.41) is 3.19. The van der Waals surface area contributed by atoms with Crippen molar-refractivity contribution in [2.45, 2.75) is 51.4 Å². The molecule has 4 heterocycles. The summed E-state index contributed by atoms with van der Waals surface area (Å²) in [5.74, 6) is 2.55. The van der Waals surface area contributed by atoms with Crippen molar-refractivity contribution in [3.8, 4) is 11.8 Å². The number of hydrogen-bond donors (Lipinski definition) is 2. The van der Waals surface area contributed by atoms with E-state index in [2.05, 4.69) is 22.1 Å². The quantitative estimate of drug-likeness (QED) is 0.343. The molecule has 14 nitrogen and oxygen atoms in total. The number of imidazole rings is 1. The Balaban J connectivity index is 1.70. The van der Waals surface area contributed by atoms with Gasteiger partial charge in [0.25, 0.3) is 5.56 Å². The summed E-state index contributed by atoms with van der Waals surface area (Å²) in [6, 6.07) is 6.62. The minimum absolute atomic E-state index is 0.150. The SMILES string of the molecule is CC#CCN1c2c(n(C)c(=O)n(Cc3nc4ccccc4n3CC(=O)NC)c2=O)N(OC(=O)C(F)(F)F)C1N1CCCC(N)C1. The second-order valence-electron chi connectivity index (χ2n) is 10.7. The molecule has 45 heavy (non-hydrogen) atoms. The predicted octanol–water partition coefficient (Wildman–Crippen LogP) is 0.0679. The molecule has 0 saturated carbocycles. The number of hydroxylamine groups is 1. The van der Waals surface area contributed by atoms with Crippen LogP contribution in [0.25, 0.3) is 11.0 Å². The van der Waals surface area contributed by atoms with Crippen LogP contribution in [0.4, 0.5) is 24.7 Å². The number of rotatable bonds is 7. The maximum Gasteiger partial charge on any atom is 0.493 e. The Hall–Kier alpha value is -4.82. The van der Waals surface area contributed by atoms with Gasteiger partial charge in [0.2, 0.25) is 5.91 Å². The average Bonchev–Trinajstić information content (AvgIpc) is 3.51. The van der Waals surface area contributed by atoms with E-state index in [-0.39, 0.29) is 55.5 Å². The molecule has 2 aliphatic rings. The lowest BCUT2D eigenvalue weighted by Crippen LogP contribution is -2.60. The molecule has 2 aromatic heterocycles. The highest BCUT2D eigenvalue weighted by Gasteiger charge is 2.51. The maximum atomic E-state index is 14.2. The molecular weight excluding hydrogens is 599 g/mol. The fraction of sp³-hybridized carbons (Fsp3) is 0.464. The molecule has 0 bridgehead atoms. The van der Waals surface area contributed by atoms with Gasteiger partial charge in [0.05, 0.1) is 24.1 Å². The fourth-order valence-corrected chi connectivity index (χ4v) is 5.67. The minimum Gasteiger partial charge on any atom is -0.358 e. The van der Waals surface area contributed by atoms with E-state index in [1.165, 1.54) is 19.0 Å². The molecule has 2 aliphatic heterocycles. The summed E-state index contributed by atoms with van der Waals surface area (Å²) in [4.78, 5) is 65.1. The van der Waals surface area contributed by atoms with E-state index < -0.39 is 29.7 Å². The highest BCUT2D eigenvalue weighted by Crippen LogP contribution is 2.39. The Labute approximate surface area is 254 Å². The monoisotopic (exact) mass is 631 g/mol. The Morgan fingerprint density at radius 3 is 2.60 bits per heavy atom. The summed E-state index contributed by atoms with van der Waals surface area (Å²) in [7, 11) is 2.73. The number of likely N-dealkylation sites (tertiary alicyclic amines) is 1. The number of amides is 1. The first kappa shape index (κ1) is 31.6. The Kier molecular flexibility index (Phi) is 8.63. The highest BCUT2D eigenvalue weighted by molar-refractivity contribution is 5.81. The molecule has 1 amide bonds. The van der Waals surface area contributed by atoms with E-state index in [1.54, 1.807) is 40.7 Å². The van der Waals surface area contributed by atoms with Gasteiger partial charge >= 0.3 is 17.8 Å². The van der Waals surface area contributed by atoms with Crippen molar-refractivity contribution in [2.24, 2.45) is 12.8 Å². The Morgan fingerprint density at radius 2 is 1.93 bits per heavy atom. The molecule has 3 N–H and O–H groups in total. The number of hydrogen-bond acceptors (Lipinski definition) is 10. The van der Waals surface area contributed by atoms with Crippen LogP contribution in [0.3, 0.4) is 0 Å². The first-order valence-electron chi connectivity index (χ1n) is 14.1. The molecule has 5 rings (SSSR count). The summed E-state index contributed by atoms with van der Waals surface area (Å²) in [6.07, 6.45) is -5.37. The van der Waals surface area contributed by atoms with Gasteiger partial charge < -0.3 is 25.4 Å². The van der Waals surface area contributed by atoms with Crippen LogP contribution in [-0.4, -0.2) is 80.7 Å². The molecular formula is C28H32F3N9O5. The van der Waals surface area contributed by atoms with Crippen LogP contribution in [0.1, 0.15) is 25.6 Å². The van der Waals surface area contributed by atoms with E-state index in [9.17, 15) is 32.3 Å². The molecule has 2 unspecified atom stereocenters. The van der Waals surface area contributed by atoms with Crippen LogP contribution in [-0.2, 0) is 34.6 Å². The zero-order valence-electron chi connectivity index (χ0n) is 24.8. The van der Waals surface area contributed by atoms with Gasteiger partial charge in [0.1, 0.15) is 12.4 Å². The second-order valence-corrected chi connectivity index (χ2v) is 10.7. The molecule has 0 radical (unpaired) electrons. The standard InChI is InChI=1S/C28H32F3N9O5/c1-4-5-13-37-22-23(40(45-25(43)28(29,30)31)26(37)36-12-8-9-17(32)14-36)35(3)27(44)39(24(22)42)15-20-34-18-10-6-7-11-19(18)38(20)16-21(41)33-2/h6-7,10-11,17,26H,8-9,12-16,32H2,1-3H3,(H,33,41). The summed E-state index contributed by atoms with van der Waals surface area (Å²) >= 11 is 0. The van der Waals surface area contributed by atoms with Gasteiger partial charge in [-0.15, -0.1) is 11.0 Å². The van der Waals surface area contributed by atoms with Crippen LogP contribution < -0.4 is 32.3 Å². The third-order valence-electron chi connectivity index (χ3n) is 7.75. The van der Waals surface area contributed by atoms with Crippen LogP contribution in [0.15, 0.2) is 33.9 Å². The third kappa shape index (κ3) is 5.85. The van der Waals surface area contributed by atoms with Crippen molar-refractivity contribution in [2.75, 3.05) is 36.6 Å². The van der Waals surface area contributed by atoms with Crippen molar-refractivity contribution < 1.29 is 27.6 Å². The molecule has 17 heteroatoms. The van der Waals surface area contributed by atoms with Gasteiger partial charge in [-0.1, -0.05) is 18.1 Å². The molecule has 2 atom stereocenters. The lowest BCUT2D eigenvalue weighted by Gasteiger charge is -2.41. The van der Waals surface area contributed by atoms with Crippen molar-refractivity contribution >= 4 is 34.4 Å². The van der Waals surface area contributed by atoms with E-state index in [0.29, 0.717) is 35.5 Å². The van der Waals surface area contributed by atoms with Gasteiger partial charge in [-0.3, -0.25) is 23.6 Å². The normalized spacial score (nSPS) is 18.5. The van der Waals surface area contributed by atoms with Crippen molar-refractivity contribution in [1.29, 1.82) is 0 Å². The first-order valence-corrected chi connectivity index (χ1v) is 14.1. The van der Waals surface area contributed by atoms with Crippen molar-refractivity contribution in [3.63, 3.8) is 0 Å². The molecule has 1 aromatic carbocycles. The molecule has 0 spiro atoms. The number of fused-ring (bicyclic) bond motifs is 2. The molecule has 3 aromatic rings. The average molecular weight is 632 g/mol. The maximum absolute atomic E-state index is 14.2. The number of likely N-dealkylation sites (N-methyl/N-ethyl adjacent to an activating group) is 1. The van der Waals surface area contributed by atoms with Gasteiger partial charge in [-0.25, -0.2) is 14.6 Å². The minimum atomic E-state index is -5.36. The number of carbonyl (C=O) groups is 2. The van der Waals surface area contributed by atoms with E-state index >= 15 is 0 Å². The number of nitrogens with two attached hydrogens (primary N) is 1. The topological polar surface area (TPSA) is 153 Å². The highest BCUT2D eigenvalue weighted by atomic mass is 19.4. The number of nitrogens with zero attached hydrogens (tertiary/aromatic N) is 7. The number of piperidine rings is 1. The number of anilines is 2. The van der Waals surface area contributed by atoms with Crippen LogP contribution >= 0.6 is 0 Å². The number of alkyl halides is 3. The summed E-state index contributed by atoms with van der Waals surface area (Å²) in [6.45, 7) is 1.44. The van der Waals surface area contributed by atoms with Crippen LogP contribution in [0, 0.1) is 11.8 Å². The lowest BCUT2D eigenvalue weighted by atomic mass is 10.1. The number of nitrogens with one attached hydrogen (secondary N) is 1. The number of carbonyl (C=O) groups excluding carboxylic acids is 2. The molecule has 0 aliphatic carbocycles. The lowest BCUT2D eigenvalue weighted by molar-refractivity contribution is -0.203. The van der Waals surface area contributed by atoms with Gasteiger partial charge in [0, 0.05) is 33.2 Å². The predicted molar refractivity (Wildman–Crippen MR) is 157 cm³/mol. The number of halogens is 3. The fourth-order valence-electron chi connectivity index (χ4n) is 5.67. The summed E-state index contributed by atoms with van der Waals surface area (Å²) in [5.41, 5.74) is 5.32. The van der Waals surface area contributed by atoms with E-state index in [4.69, 9.17) is 10.6 Å². The smallest absolute Gasteiger partial charge is 0.358 e. The Bertz CT molecular complexity index is 1820. The molecule has 1 saturated heterocycles. The van der Waals surface area contributed by atoms with Crippen LogP contribution in [0.5, 0.6) is 0 Å². The zero-order valence-corrected chi connectivity index (χ0v) is 24.8. The van der Waals surface area contributed by atoms with Crippen LogP contribution in [0.2, 0.25) is 0 Å². The largest absolute Gasteiger partial charge is 0.493 e. The van der Waals surface area contributed by atoms with Gasteiger partial charge in [-0.2, -0.15) is 13.2 Å². The Morgan fingerprint density at radius 1 is 1.20 bits per heavy atom. The number of benzene rings is 1. The van der Waals surface area contributed by atoms with Crippen molar-refractivity contribution in [3.05, 3.63) is 50.9 Å². The van der Waals surface area contributed by atoms with E-state index in [1.807, 2.05) is 0 Å². The number of para-hydroxylation sites is 2. The first-order chi connectivity index (χ1) is 21.4. The van der Waals surface area contributed by atoms with Gasteiger partial charge in [-0.05, 0) is 31.9 Å². The number of aromatic nitrogens is 4. The summed E-state index contributed by atoms with van der Waals surface area (Å²) < 4.78 is 43.8. The third-order valence-corrected chi connectivity index (χ3v) is 7.75. The second kappa shape index (κ2) is 12.3. The van der Waals surface area contributed by atoms with E-state index in [0.717, 1.165) is 9.13 Å². The van der Waals surface area contributed by atoms with Gasteiger partial charge in [0.15, 0.2) is 17.8 Å².